The Hall–Kier alpha value is -1.40. The van der Waals surface area contributed by atoms with E-state index in [1.54, 1.807) is 11.3 Å². The van der Waals surface area contributed by atoms with Crippen LogP contribution in [0, 0.1) is 6.92 Å². The molecule has 3 rings (SSSR count). The molecule has 0 radical (unpaired) electrons. The molecule has 6 heteroatoms. The van der Waals surface area contributed by atoms with Crippen LogP contribution in [-0.4, -0.2) is 34.3 Å². The maximum atomic E-state index is 9.89. The van der Waals surface area contributed by atoms with Gasteiger partial charge in [-0.05, 0) is 25.8 Å². The quantitative estimate of drug-likeness (QED) is 0.809. The van der Waals surface area contributed by atoms with Crippen LogP contribution in [0.5, 0.6) is 0 Å². The summed E-state index contributed by atoms with van der Waals surface area (Å²) in [6.45, 7) is 2.23. The third kappa shape index (κ3) is 2.82. The van der Waals surface area contributed by atoms with E-state index in [9.17, 15) is 5.11 Å². The molecule has 0 atom stereocenters. The van der Waals surface area contributed by atoms with Crippen molar-refractivity contribution in [1.82, 2.24) is 9.97 Å². The number of nitrogens with one attached hydrogen (secondary N) is 2. The first kappa shape index (κ1) is 14.5. The molecule has 3 N–H and O–H groups in total. The Morgan fingerprint density at radius 1 is 1.29 bits per heavy atom. The van der Waals surface area contributed by atoms with E-state index in [0.29, 0.717) is 5.95 Å². The maximum Gasteiger partial charge on any atom is 0.225 e. The van der Waals surface area contributed by atoms with E-state index in [2.05, 4.69) is 33.6 Å². The first-order valence-corrected chi connectivity index (χ1v) is 8.32. The summed E-state index contributed by atoms with van der Waals surface area (Å²) < 4.78 is 0. The highest BCUT2D eigenvalue weighted by molar-refractivity contribution is 7.18. The molecule has 2 heterocycles. The van der Waals surface area contributed by atoms with Gasteiger partial charge in [-0.2, -0.15) is 4.98 Å². The van der Waals surface area contributed by atoms with E-state index in [-0.39, 0.29) is 12.1 Å². The normalized spacial score (nSPS) is 17.9. The molecule has 114 valence electrons. The third-order valence-corrected chi connectivity index (χ3v) is 5.18. The molecule has 0 aliphatic heterocycles. The lowest BCUT2D eigenvalue weighted by Gasteiger charge is -2.37. The van der Waals surface area contributed by atoms with Gasteiger partial charge in [0.15, 0.2) is 0 Å². The summed E-state index contributed by atoms with van der Waals surface area (Å²) in [6.07, 6.45) is 5.55. The van der Waals surface area contributed by atoms with Crippen LogP contribution in [0.15, 0.2) is 6.07 Å². The molecular formula is C15H22N4OS. The van der Waals surface area contributed by atoms with Crippen molar-refractivity contribution >= 4 is 33.3 Å². The van der Waals surface area contributed by atoms with Gasteiger partial charge in [0.2, 0.25) is 5.95 Å². The summed E-state index contributed by atoms with van der Waals surface area (Å²) in [6, 6.07) is 2.12. The molecule has 0 aromatic carbocycles. The van der Waals surface area contributed by atoms with Crippen LogP contribution in [0.25, 0.3) is 10.2 Å². The second kappa shape index (κ2) is 5.77. The van der Waals surface area contributed by atoms with Gasteiger partial charge in [0.05, 0.1) is 17.5 Å². The fourth-order valence-electron chi connectivity index (χ4n) is 3.05. The zero-order chi connectivity index (χ0) is 14.9. The molecule has 1 aliphatic carbocycles. The van der Waals surface area contributed by atoms with E-state index in [1.807, 2.05) is 7.05 Å². The average molecular weight is 306 g/mol. The van der Waals surface area contributed by atoms with Crippen LogP contribution in [0.3, 0.4) is 0 Å². The van der Waals surface area contributed by atoms with Gasteiger partial charge in [0, 0.05) is 11.9 Å². The van der Waals surface area contributed by atoms with E-state index in [1.165, 1.54) is 11.3 Å². The number of aromatic nitrogens is 2. The zero-order valence-corrected chi connectivity index (χ0v) is 13.4. The van der Waals surface area contributed by atoms with Gasteiger partial charge in [-0.15, -0.1) is 11.3 Å². The predicted octanol–water partition coefficient (Wildman–Crippen LogP) is 3.15. The topological polar surface area (TPSA) is 70.1 Å². The molecule has 1 fully saturated rings. The first-order valence-electron chi connectivity index (χ1n) is 7.51. The SMILES string of the molecule is CNc1nc(NC2(CO)CCCCC2)c2cc(C)sc2n1. The summed E-state index contributed by atoms with van der Waals surface area (Å²) in [5.74, 6) is 1.46. The Morgan fingerprint density at radius 3 is 2.71 bits per heavy atom. The average Bonchev–Trinajstić information content (AvgIpc) is 2.88. The minimum absolute atomic E-state index is 0.149. The van der Waals surface area contributed by atoms with Crippen molar-refractivity contribution in [1.29, 1.82) is 0 Å². The smallest absolute Gasteiger partial charge is 0.225 e. The Bertz CT molecular complexity index is 634. The van der Waals surface area contributed by atoms with Crippen LogP contribution in [0.4, 0.5) is 11.8 Å². The molecule has 0 amide bonds. The number of hydrogen-bond acceptors (Lipinski definition) is 6. The Kier molecular flexibility index (Phi) is 3.99. The molecule has 0 spiro atoms. The summed E-state index contributed by atoms with van der Waals surface area (Å²) in [5.41, 5.74) is -0.236. The minimum Gasteiger partial charge on any atom is -0.394 e. The summed E-state index contributed by atoms with van der Waals surface area (Å²) in [5, 5.41) is 17.5. The number of hydrogen-bond donors (Lipinski definition) is 3. The maximum absolute atomic E-state index is 9.89. The Labute approximate surface area is 128 Å². The highest BCUT2D eigenvalue weighted by Gasteiger charge is 2.32. The van der Waals surface area contributed by atoms with E-state index in [0.717, 1.165) is 41.7 Å². The van der Waals surface area contributed by atoms with E-state index < -0.39 is 0 Å². The number of aryl methyl sites for hydroxylation is 1. The zero-order valence-electron chi connectivity index (χ0n) is 12.6. The Morgan fingerprint density at radius 2 is 2.05 bits per heavy atom. The molecular weight excluding hydrogens is 284 g/mol. The largest absolute Gasteiger partial charge is 0.394 e. The summed E-state index contributed by atoms with van der Waals surface area (Å²) >= 11 is 1.67. The number of fused-ring (bicyclic) bond motifs is 1. The molecule has 5 nitrogen and oxygen atoms in total. The van der Waals surface area contributed by atoms with Crippen LogP contribution < -0.4 is 10.6 Å². The summed E-state index contributed by atoms with van der Waals surface area (Å²) in [7, 11) is 1.83. The van der Waals surface area contributed by atoms with Crippen molar-refractivity contribution < 1.29 is 5.11 Å². The lowest BCUT2D eigenvalue weighted by molar-refractivity contribution is 0.172. The lowest BCUT2D eigenvalue weighted by atomic mass is 9.82. The van der Waals surface area contributed by atoms with Gasteiger partial charge >= 0.3 is 0 Å². The third-order valence-electron chi connectivity index (χ3n) is 4.24. The molecule has 0 unspecified atom stereocenters. The number of thiophene rings is 1. The molecule has 1 aliphatic rings. The van der Waals surface area contributed by atoms with E-state index >= 15 is 0 Å². The van der Waals surface area contributed by atoms with Crippen LogP contribution in [0.2, 0.25) is 0 Å². The molecule has 1 saturated carbocycles. The highest BCUT2D eigenvalue weighted by atomic mass is 32.1. The van der Waals surface area contributed by atoms with Gasteiger partial charge in [-0.3, -0.25) is 0 Å². The summed E-state index contributed by atoms with van der Waals surface area (Å²) in [4.78, 5) is 11.3. The van der Waals surface area contributed by atoms with Crippen molar-refractivity contribution in [3.8, 4) is 0 Å². The molecule has 0 bridgehead atoms. The minimum atomic E-state index is -0.236. The molecule has 2 aromatic rings. The lowest BCUT2D eigenvalue weighted by Crippen LogP contribution is -2.44. The van der Waals surface area contributed by atoms with Gasteiger partial charge < -0.3 is 15.7 Å². The van der Waals surface area contributed by atoms with Crippen LogP contribution in [0.1, 0.15) is 37.0 Å². The number of anilines is 2. The second-order valence-corrected chi connectivity index (χ2v) is 7.08. The molecule has 21 heavy (non-hydrogen) atoms. The monoisotopic (exact) mass is 306 g/mol. The second-order valence-electron chi connectivity index (χ2n) is 5.85. The van der Waals surface area contributed by atoms with Gasteiger partial charge in [-0.25, -0.2) is 4.98 Å². The number of aliphatic hydroxyl groups is 1. The van der Waals surface area contributed by atoms with Gasteiger partial charge in [-0.1, -0.05) is 19.3 Å². The highest BCUT2D eigenvalue weighted by Crippen LogP contribution is 2.35. The van der Waals surface area contributed by atoms with Crippen molar-refractivity contribution in [2.24, 2.45) is 0 Å². The van der Waals surface area contributed by atoms with Crippen molar-refractivity contribution in [3.63, 3.8) is 0 Å². The van der Waals surface area contributed by atoms with Crippen LogP contribution >= 0.6 is 11.3 Å². The fourth-order valence-corrected chi connectivity index (χ4v) is 3.93. The van der Waals surface area contributed by atoms with E-state index in [4.69, 9.17) is 0 Å². The van der Waals surface area contributed by atoms with Gasteiger partial charge in [0.25, 0.3) is 0 Å². The molecule has 2 aromatic heterocycles. The van der Waals surface area contributed by atoms with Gasteiger partial charge in [0.1, 0.15) is 10.6 Å². The predicted molar refractivity (Wildman–Crippen MR) is 88.2 cm³/mol. The van der Waals surface area contributed by atoms with Crippen molar-refractivity contribution in [3.05, 3.63) is 10.9 Å². The van der Waals surface area contributed by atoms with Crippen molar-refractivity contribution in [2.45, 2.75) is 44.6 Å². The standard InChI is InChI=1S/C15H22N4OS/c1-10-8-11-12(17-14(16-2)18-13(11)21-10)19-15(9-20)6-4-3-5-7-15/h8,20H,3-7,9H2,1-2H3,(H2,16,17,18,19). The van der Waals surface area contributed by atoms with Crippen molar-refractivity contribution in [2.75, 3.05) is 24.3 Å². The van der Waals surface area contributed by atoms with Crippen LogP contribution in [-0.2, 0) is 0 Å². The number of aliphatic hydroxyl groups excluding tert-OH is 1. The first-order chi connectivity index (χ1) is 10.2. The number of rotatable bonds is 4. The molecule has 0 saturated heterocycles. The Balaban J connectivity index is 2.01. The fraction of sp³-hybridized carbons (Fsp3) is 0.600. The number of nitrogens with zero attached hydrogens (tertiary/aromatic N) is 2.